The van der Waals surface area contributed by atoms with Crippen LogP contribution in [0.15, 0.2) is 28.7 Å². The van der Waals surface area contributed by atoms with E-state index in [2.05, 4.69) is 26.3 Å². The van der Waals surface area contributed by atoms with E-state index in [0.29, 0.717) is 18.8 Å². The third-order valence-electron chi connectivity index (χ3n) is 4.82. The molecule has 4 rings (SSSR count). The van der Waals surface area contributed by atoms with Crippen molar-refractivity contribution in [1.29, 1.82) is 0 Å². The second kappa shape index (κ2) is 7.37. The molecule has 0 bridgehead atoms. The zero-order valence-corrected chi connectivity index (χ0v) is 18.2. The molecule has 3 heterocycles. The Kier molecular flexibility index (Phi) is 5.02. The molecule has 2 aliphatic rings. The zero-order valence-electron chi connectivity index (χ0n) is 16.6. The summed E-state index contributed by atoms with van der Waals surface area (Å²) in [7, 11) is 0. The van der Waals surface area contributed by atoms with E-state index in [-0.39, 0.29) is 19.1 Å². The molecule has 0 saturated heterocycles. The van der Waals surface area contributed by atoms with Gasteiger partial charge in [-0.25, -0.2) is 9.48 Å². The lowest BCUT2D eigenvalue weighted by atomic mass is 9.98. The van der Waals surface area contributed by atoms with Gasteiger partial charge in [-0.05, 0) is 45.0 Å². The summed E-state index contributed by atoms with van der Waals surface area (Å²) in [5, 5.41) is 7.47. The fraction of sp³-hybridized carbons (Fsp3) is 0.450. The standard InChI is InChI=1S/C20H23BrN4O4/c1-20(2,3)29-19(27)24-9-8-14-17-15(24)10-22-16(26)11-28-18(17)23-25(14)13-6-4-12(21)5-7-13/h4-7,15H,8-11H2,1-3H3,(H,22,26)/t15-/m0/s1. The van der Waals surface area contributed by atoms with Crippen LogP contribution in [0, 0.1) is 0 Å². The van der Waals surface area contributed by atoms with Gasteiger partial charge in [-0.15, -0.1) is 5.10 Å². The number of hydrogen-bond acceptors (Lipinski definition) is 5. The van der Waals surface area contributed by atoms with Crippen LogP contribution in [-0.4, -0.2) is 52.0 Å². The summed E-state index contributed by atoms with van der Waals surface area (Å²) in [6.07, 6.45) is 0.191. The van der Waals surface area contributed by atoms with E-state index in [4.69, 9.17) is 9.47 Å². The number of hydrogen-bond donors (Lipinski definition) is 1. The van der Waals surface area contributed by atoms with Gasteiger partial charge in [0.25, 0.3) is 5.91 Å². The molecule has 0 saturated carbocycles. The van der Waals surface area contributed by atoms with E-state index in [1.807, 2.05) is 49.7 Å². The summed E-state index contributed by atoms with van der Waals surface area (Å²) in [6.45, 7) is 6.14. The van der Waals surface area contributed by atoms with Crippen molar-refractivity contribution in [1.82, 2.24) is 20.0 Å². The summed E-state index contributed by atoms with van der Waals surface area (Å²) >= 11 is 3.45. The molecule has 0 spiro atoms. The van der Waals surface area contributed by atoms with E-state index in [9.17, 15) is 9.59 Å². The van der Waals surface area contributed by atoms with Crippen molar-refractivity contribution in [3.05, 3.63) is 40.0 Å². The van der Waals surface area contributed by atoms with Crippen LogP contribution in [0.3, 0.4) is 0 Å². The van der Waals surface area contributed by atoms with Gasteiger partial charge in [-0.3, -0.25) is 9.69 Å². The topological polar surface area (TPSA) is 85.7 Å². The second-order valence-corrected chi connectivity index (χ2v) is 9.00. The highest BCUT2D eigenvalue weighted by molar-refractivity contribution is 9.10. The Hall–Kier alpha value is -2.55. The van der Waals surface area contributed by atoms with Gasteiger partial charge in [-0.1, -0.05) is 15.9 Å². The van der Waals surface area contributed by atoms with Gasteiger partial charge in [0.15, 0.2) is 6.61 Å². The number of ether oxygens (including phenoxy) is 2. The summed E-state index contributed by atoms with van der Waals surface area (Å²) in [6, 6.07) is 7.40. The predicted octanol–water partition coefficient (Wildman–Crippen LogP) is 2.98. The molecule has 1 N–H and O–H groups in total. The average Bonchev–Trinajstić information content (AvgIpc) is 3.01. The minimum absolute atomic E-state index is 0.108. The van der Waals surface area contributed by atoms with Crippen LogP contribution in [0.2, 0.25) is 0 Å². The third-order valence-corrected chi connectivity index (χ3v) is 5.35. The molecule has 0 unspecified atom stereocenters. The van der Waals surface area contributed by atoms with Gasteiger partial charge >= 0.3 is 6.09 Å². The maximum absolute atomic E-state index is 12.8. The lowest BCUT2D eigenvalue weighted by Crippen LogP contribution is -2.48. The molecule has 9 heteroatoms. The first kappa shape index (κ1) is 19.8. The second-order valence-electron chi connectivity index (χ2n) is 8.09. The third kappa shape index (κ3) is 3.96. The number of benzene rings is 1. The molecule has 2 amide bonds. The number of halogens is 1. The van der Waals surface area contributed by atoms with Crippen LogP contribution in [0.25, 0.3) is 5.69 Å². The van der Waals surface area contributed by atoms with Crippen molar-refractivity contribution in [2.45, 2.75) is 38.8 Å². The van der Waals surface area contributed by atoms with E-state index < -0.39 is 17.7 Å². The van der Waals surface area contributed by atoms with Gasteiger partial charge in [-0.2, -0.15) is 0 Å². The highest BCUT2D eigenvalue weighted by Crippen LogP contribution is 2.38. The monoisotopic (exact) mass is 462 g/mol. The van der Waals surface area contributed by atoms with Crippen molar-refractivity contribution in [3.63, 3.8) is 0 Å². The number of amides is 2. The van der Waals surface area contributed by atoms with E-state index in [0.717, 1.165) is 21.4 Å². The normalized spacial score (nSPS) is 18.8. The smallest absolute Gasteiger partial charge is 0.410 e. The Morgan fingerprint density at radius 3 is 2.72 bits per heavy atom. The van der Waals surface area contributed by atoms with Crippen LogP contribution in [-0.2, 0) is 16.0 Å². The van der Waals surface area contributed by atoms with Crippen LogP contribution in [0.4, 0.5) is 4.79 Å². The van der Waals surface area contributed by atoms with Gasteiger partial charge in [0, 0.05) is 24.0 Å². The summed E-state index contributed by atoms with van der Waals surface area (Å²) in [5.41, 5.74) is 2.08. The molecule has 0 radical (unpaired) electrons. The highest BCUT2D eigenvalue weighted by Gasteiger charge is 2.40. The van der Waals surface area contributed by atoms with Crippen LogP contribution in [0.5, 0.6) is 5.88 Å². The average molecular weight is 463 g/mol. The molecule has 154 valence electrons. The highest BCUT2D eigenvalue weighted by atomic mass is 79.9. The number of carbonyl (C=O) groups excluding carboxylic acids is 2. The molecule has 0 aliphatic carbocycles. The maximum atomic E-state index is 12.8. The first-order valence-corrected chi connectivity index (χ1v) is 10.3. The molecule has 0 fully saturated rings. The van der Waals surface area contributed by atoms with Gasteiger partial charge in [0.05, 0.1) is 23.0 Å². The lowest BCUT2D eigenvalue weighted by molar-refractivity contribution is -0.123. The summed E-state index contributed by atoms with van der Waals surface area (Å²) in [5.74, 6) is 0.140. The van der Waals surface area contributed by atoms with Gasteiger partial charge < -0.3 is 14.8 Å². The van der Waals surface area contributed by atoms with Crippen molar-refractivity contribution < 1.29 is 19.1 Å². The molecule has 1 atom stereocenters. The predicted molar refractivity (Wildman–Crippen MR) is 109 cm³/mol. The number of nitrogens with one attached hydrogen (secondary N) is 1. The van der Waals surface area contributed by atoms with Crippen LogP contribution in [0.1, 0.15) is 38.1 Å². The van der Waals surface area contributed by atoms with Crippen LogP contribution >= 0.6 is 15.9 Å². The fourth-order valence-electron chi connectivity index (χ4n) is 3.61. The Balaban J connectivity index is 1.77. The van der Waals surface area contributed by atoms with E-state index >= 15 is 0 Å². The van der Waals surface area contributed by atoms with Gasteiger partial charge in [0.1, 0.15) is 5.60 Å². The number of rotatable bonds is 1. The van der Waals surface area contributed by atoms with Crippen molar-refractivity contribution in [2.75, 3.05) is 19.7 Å². The lowest BCUT2D eigenvalue weighted by Gasteiger charge is -2.37. The van der Waals surface area contributed by atoms with Crippen molar-refractivity contribution in [2.24, 2.45) is 0 Å². The molecule has 29 heavy (non-hydrogen) atoms. The summed E-state index contributed by atoms with van der Waals surface area (Å²) in [4.78, 5) is 26.5. The Morgan fingerprint density at radius 2 is 2.03 bits per heavy atom. The van der Waals surface area contributed by atoms with Crippen LogP contribution < -0.4 is 10.1 Å². The largest absolute Gasteiger partial charge is 0.466 e. The zero-order chi connectivity index (χ0) is 20.8. The molecule has 2 aromatic rings. The SMILES string of the molecule is CC(C)(C)OC(=O)N1CCc2c3c(nn2-c2ccc(Br)cc2)OCC(=O)NC[C@@H]31. The van der Waals surface area contributed by atoms with E-state index in [1.165, 1.54) is 0 Å². The number of nitrogens with zero attached hydrogens (tertiary/aromatic N) is 3. The maximum Gasteiger partial charge on any atom is 0.410 e. The molecular formula is C20H23BrN4O4. The van der Waals surface area contributed by atoms with Gasteiger partial charge in [0.2, 0.25) is 5.88 Å². The molecular weight excluding hydrogens is 440 g/mol. The quantitative estimate of drug-likeness (QED) is 0.703. The first-order chi connectivity index (χ1) is 13.7. The number of carbonyl (C=O) groups is 2. The fourth-order valence-corrected chi connectivity index (χ4v) is 3.87. The van der Waals surface area contributed by atoms with Crippen molar-refractivity contribution >= 4 is 27.9 Å². The summed E-state index contributed by atoms with van der Waals surface area (Å²) < 4.78 is 14.1. The molecule has 2 aliphatic heterocycles. The number of aromatic nitrogens is 2. The van der Waals surface area contributed by atoms with Crippen molar-refractivity contribution in [3.8, 4) is 11.6 Å². The van der Waals surface area contributed by atoms with E-state index in [1.54, 1.807) is 4.90 Å². The first-order valence-electron chi connectivity index (χ1n) is 9.50. The Morgan fingerprint density at radius 1 is 1.31 bits per heavy atom. The Labute approximate surface area is 177 Å². The minimum Gasteiger partial charge on any atom is -0.466 e. The minimum atomic E-state index is -0.608. The molecule has 1 aromatic carbocycles. The molecule has 1 aromatic heterocycles. The molecule has 8 nitrogen and oxygen atoms in total. The Bertz CT molecular complexity index is 949.